The van der Waals surface area contributed by atoms with Crippen LogP contribution in [0.25, 0.3) is 0 Å². The van der Waals surface area contributed by atoms with Gasteiger partial charge in [-0.1, -0.05) is 12.1 Å². The summed E-state index contributed by atoms with van der Waals surface area (Å²) in [6, 6.07) is 11.5. The summed E-state index contributed by atoms with van der Waals surface area (Å²) in [7, 11) is 1.97. The molecule has 0 saturated heterocycles. The van der Waals surface area contributed by atoms with Crippen molar-refractivity contribution in [1.29, 1.82) is 0 Å². The number of carbonyl (C=O) groups is 1. The van der Waals surface area contributed by atoms with Crippen molar-refractivity contribution >= 4 is 17.3 Å². The Balaban J connectivity index is 2.11. The van der Waals surface area contributed by atoms with Crippen molar-refractivity contribution in [3.63, 3.8) is 0 Å². The fourth-order valence-corrected chi connectivity index (χ4v) is 2.52. The third kappa shape index (κ3) is 1.93. The summed E-state index contributed by atoms with van der Waals surface area (Å²) >= 11 is 0. The molecule has 0 spiro atoms. The zero-order valence-corrected chi connectivity index (χ0v) is 10.6. The Morgan fingerprint density at radius 3 is 2.89 bits per heavy atom. The molecular weight excluding hydrogens is 242 g/mol. The number of nitrogens with one attached hydrogen (secondary N) is 1. The third-order valence-electron chi connectivity index (χ3n) is 3.40. The summed E-state index contributed by atoms with van der Waals surface area (Å²) in [5.41, 5.74) is 2.91. The van der Waals surface area contributed by atoms with Gasteiger partial charge in [0.2, 0.25) is 0 Å². The molecule has 0 aliphatic carbocycles. The van der Waals surface area contributed by atoms with E-state index in [-0.39, 0.29) is 12.5 Å². The molecule has 5 nitrogen and oxygen atoms in total. The van der Waals surface area contributed by atoms with Crippen molar-refractivity contribution in [3.05, 3.63) is 48.3 Å². The molecule has 0 bridgehead atoms. The molecule has 0 amide bonds. The number of anilines is 2. The molecule has 19 heavy (non-hydrogen) atoms. The van der Waals surface area contributed by atoms with Crippen LogP contribution in [0.5, 0.6) is 0 Å². The molecule has 2 heterocycles. The van der Waals surface area contributed by atoms with E-state index in [0.29, 0.717) is 0 Å². The van der Waals surface area contributed by atoms with Crippen molar-refractivity contribution < 1.29 is 9.90 Å². The highest BCUT2D eigenvalue weighted by atomic mass is 16.4. The van der Waals surface area contributed by atoms with Crippen LogP contribution in [0.2, 0.25) is 0 Å². The van der Waals surface area contributed by atoms with E-state index >= 15 is 0 Å². The number of rotatable bonds is 2. The molecule has 1 unspecified atom stereocenters. The molecular formula is C14H15N3O2. The Labute approximate surface area is 111 Å². The Morgan fingerprint density at radius 1 is 1.32 bits per heavy atom. The predicted molar refractivity (Wildman–Crippen MR) is 73.3 cm³/mol. The zero-order chi connectivity index (χ0) is 13.4. The number of aliphatic carboxylic acids is 1. The third-order valence-corrected chi connectivity index (χ3v) is 3.40. The standard InChI is InChI=1S/C14H15N3O2/c1-16-12-6-3-2-5-10(12)15-11(9-14(18)19)13-7-4-8-17(13)16/h2-8,11,15H,9H2,1H3,(H,18,19). The monoisotopic (exact) mass is 257 g/mol. The predicted octanol–water partition coefficient (Wildman–Crippen LogP) is 2.33. The second-order valence-corrected chi connectivity index (χ2v) is 4.61. The molecule has 2 aromatic rings. The van der Waals surface area contributed by atoms with Crippen LogP contribution in [0.4, 0.5) is 11.4 Å². The highest BCUT2D eigenvalue weighted by Gasteiger charge is 2.25. The maximum absolute atomic E-state index is 11.0. The van der Waals surface area contributed by atoms with E-state index in [1.807, 2.05) is 59.3 Å². The van der Waals surface area contributed by atoms with Crippen molar-refractivity contribution in [1.82, 2.24) is 4.68 Å². The Kier molecular flexibility index (Phi) is 2.67. The van der Waals surface area contributed by atoms with Crippen LogP contribution >= 0.6 is 0 Å². The number of carboxylic acid groups (broad SMARTS) is 1. The quantitative estimate of drug-likeness (QED) is 0.867. The number of benzene rings is 1. The van der Waals surface area contributed by atoms with E-state index in [2.05, 4.69) is 5.32 Å². The van der Waals surface area contributed by atoms with Gasteiger partial charge in [-0.15, -0.1) is 0 Å². The van der Waals surface area contributed by atoms with E-state index in [9.17, 15) is 4.79 Å². The number of fused-ring (bicyclic) bond motifs is 2. The molecule has 98 valence electrons. The summed E-state index contributed by atoms with van der Waals surface area (Å²) in [6.07, 6.45) is 1.99. The van der Waals surface area contributed by atoms with Gasteiger partial charge in [-0.2, -0.15) is 0 Å². The van der Waals surface area contributed by atoms with E-state index in [1.54, 1.807) is 0 Å². The van der Waals surface area contributed by atoms with Gasteiger partial charge < -0.3 is 10.4 Å². The topological polar surface area (TPSA) is 57.5 Å². The number of hydrogen-bond acceptors (Lipinski definition) is 3. The van der Waals surface area contributed by atoms with Crippen molar-refractivity contribution in [2.45, 2.75) is 12.5 Å². The van der Waals surface area contributed by atoms with Gasteiger partial charge in [-0.05, 0) is 24.3 Å². The minimum Gasteiger partial charge on any atom is -0.481 e. The smallest absolute Gasteiger partial charge is 0.305 e. The van der Waals surface area contributed by atoms with Gasteiger partial charge in [0.05, 0.1) is 29.5 Å². The number of aromatic nitrogens is 1. The summed E-state index contributed by atoms with van der Waals surface area (Å²) in [5, 5.41) is 14.4. The van der Waals surface area contributed by atoms with Gasteiger partial charge in [0.15, 0.2) is 0 Å². The molecule has 1 aromatic carbocycles. The number of carboxylic acids is 1. The van der Waals surface area contributed by atoms with E-state index in [4.69, 9.17) is 5.11 Å². The first-order valence-electron chi connectivity index (χ1n) is 6.15. The Morgan fingerprint density at radius 2 is 2.11 bits per heavy atom. The van der Waals surface area contributed by atoms with Crippen molar-refractivity contribution in [2.24, 2.45) is 0 Å². The maximum atomic E-state index is 11.0. The van der Waals surface area contributed by atoms with Crippen LogP contribution in [0, 0.1) is 0 Å². The lowest BCUT2D eigenvalue weighted by Gasteiger charge is -2.22. The SMILES string of the molecule is CN1c2ccccc2NC(CC(=O)O)c2cccn21. The van der Waals surface area contributed by atoms with Crippen LogP contribution in [0.1, 0.15) is 18.2 Å². The van der Waals surface area contributed by atoms with Crippen LogP contribution in [-0.2, 0) is 4.79 Å². The highest BCUT2D eigenvalue weighted by Crippen LogP contribution is 2.34. The summed E-state index contributed by atoms with van der Waals surface area (Å²) in [5.74, 6) is -0.813. The van der Waals surface area contributed by atoms with E-state index < -0.39 is 5.97 Å². The first-order chi connectivity index (χ1) is 9.16. The largest absolute Gasteiger partial charge is 0.481 e. The summed E-state index contributed by atoms with van der Waals surface area (Å²) in [6.45, 7) is 0. The lowest BCUT2D eigenvalue weighted by atomic mass is 10.1. The van der Waals surface area contributed by atoms with Gasteiger partial charge in [-0.3, -0.25) is 14.5 Å². The lowest BCUT2D eigenvalue weighted by molar-refractivity contribution is -0.137. The Hall–Kier alpha value is -2.43. The van der Waals surface area contributed by atoms with Gasteiger partial charge >= 0.3 is 5.97 Å². The van der Waals surface area contributed by atoms with Crippen LogP contribution < -0.4 is 10.3 Å². The Bertz CT molecular complexity index is 621. The maximum Gasteiger partial charge on any atom is 0.305 e. The van der Waals surface area contributed by atoms with Crippen LogP contribution in [0.15, 0.2) is 42.6 Å². The zero-order valence-electron chi connectivity index (χ0n) is 10.6. The molecule has 1 aliphatic rings. The minimum absolute atomic E-state index is 0.0478. The van der Waals surface area contributed by atoms with Gasteiger partial charge in [0.25, 0.3) is 0 Å². The van der Waals surface area contributed by atoms with Crippen LogP contribution in [0.3, 0.4) is 0 Å². The molecule has 5 heteroatoms. The molecule has 0 saturated carbocycles. The highest BCUT2D eigenvalue weighted by molar-refractivity contribution is 5.74. The molecule has 1 aliphatic heterocycles. The molecule has 2 N–H and O–H groups in total. The van der Waals surface area contributed by atoms with Crippen molar-refractivity contribution in [2.75, 3.05) is 17.4 Å². The van der Waals surface area contributed by atoms with Crippen LogP contribution in [-0.4, -0.2) is 22.8 Å². The summed E-state index contributed by atoms with van der Waals surface area (Å²) in [4.78, 5) is 11.0. The first-order valence-corrected chi connectivity index (χ1v) is 6.15. The molecule has 1 atom stereocenters. The number of nitrogens with zero attached hydrogens (tertiary/aromatic N) is 2. The second-order valence-electron chi connectivity index (χ2n) is 4.61. The van der Waals surface area contributed by atoms with Gasteiger partial charge in [0.1, 0.15) is 0 Å². The molecule has 3 rings (SSSR count). The number of hydrogen-bond donors (Lipinski definition) is 2. The first kappa shape index (κ1) is 11.6. The van der Waals surface area contributed by atoms with Crippen molar-refractivity contribution in [3.8, 4) is 0 Å². The fourth-order valence-electron chi connectivity index (χ4n) is 2.52. The van der Waals surface area contributed by atoms with Gasteiger partial charge in [-0.25, -0.2) is 0 Å². The summed E-state index contributed by atoms with van der Waals surface area (Å²) < 4.78 is 1.98. The minimum atomic E-state index is -0.813. The molecule has 0 fully saturated rings. The van der Waals surface area contributed by atoms with Gasteiger partial charge in [0, 0.05) is 13.2 Å². The average molecular weight is 257 g/mol. The van der Waals surface area contributed by atoms with E-state index in [0.717, 1.165) is 17.1 Å². The molecule has 1 aromatic heterocycles. The normalized spacial score (nSPS) is 17.1. The second kappa shape index (κ2) is 4.35. The molecule has 0 radical (unpaired) electrons. The lowest BCUT2D eigenvalue weighted by Crippen LogP contribution is -2.25. The fraction of sp³-hybridized carbons (Fsp3) is 0.214. The number of para-hydroxylation sites is 2. The average Bonchev–Trinajstić information content (AvgIpc) is 2.83. The van der Waals surface area contributed by atoms with E-state index in [1.165, 1.54) is 0 Å².